The van der Waals surface area contributed by atoms with Gasteiger partial charge in [0, 0.05) is 206 Å². The highest BCUT2D eigenvalue weighted by molar-refractivity contribution is 7.89. The number of hydrogen-bond acceptors (Lipinski definition) is 37. The Morgan fingerprint density at radius 1 is 0.333 bits per heavy atom. The second-order valence-electron chi connectivity index (χ2n) is 36.5. The van der Waals surface area contributed by atoms with Gasteiger partial charge in [-0.1, -0.05) is 42.5 Å². The quantitative estimate of drug-likeness (QED) is 0.0342. The summed E-state index contributed by atoms with van der Waals surface area (Å²) in [7, 11) is 3.03. The van der Waals surface area contributed by atoms with Crippen LogP contribution in [0.15, 0.2) is 206 Å². The van der Waals surface area contributed by atoms with Crippen molar-refractivity contribution in [2.45, 2.75) is 59.3 Å². The topological polar surface area (TPSA) is 485 Å². The Labute approximate surface area is 879 Å². The molecule has 0 unspecified atom stereocenters. The van der Waals surface area contributed by atoms with E-state index in [4.69, 9.17) is 20.1 Å². The highest BCUT2D eigenvalue weighted by Gasteiger charge is 2.29. The Morgan fingerprint density at radius 3 is 0.980 bits per heavy atom. The lowest BCUT2D eigenvalue weighted by atomic mass is 10.1. The van der Waals surface area contributed by atoms with Crippen molar-refractivity contribution in [3.8, 4) is 0 Å². The molecule has 0 spiro atoms. The number of rotatable bonds is 20. The molecule has 13 heterocycles. The average Bonchev–Trinajstić information content (AvgIpc) is 1.64. The summed E-state index contributed by atoms with van der Waals surface area (Å²) in [4.78, 5) is 163. The van der Waals surface area contributed by atoms with E-state index in [1.807, 2.05) is 119 Å². The standard InChI is InChI=1S/C23H22N6O2S.C22H22N6OS.C21H19N5O2S.C20H19N7O3S2.C20H19N5OS/c1-14(30)11-15-3-2-4-17(12-15)26-23-25-13-16-5-6-18-20(19(16)28-23)32-21(27-18)22(31)29-9-7-24-8-10-29;1-13-9-14(2)11-16(10-13)25-22-24-12-15-3-4-17-19(18(15)27-22)26-20(30-17)21(29)28-7-5-23-6-8-28;1-12(27)9-13-5-4-6-15(10-13)23-21-22-11-14-7-8-16-18(17(14)25-21)24-19(29-16)20(28)26(2)3;21-32(29,30)14-3-1-2-13(10-14)24-20-23-11-12-4-5-15-17(16(12)26-20)31-18(25-15)19(28)27-8-6-22-7-9-27;1-11-7-12(2)9-14(8-11)22-20-21-10-13-5-6-15-17(16(13)24-20)27-18(23-15)19(26)25(3)4/h2-6,12-13,24H,7-11H2,1H3,(H,25,26,28);3-4,9-12,23H,5-8H2,1-2H3,(H,24,25,27);4-8,10-11H,9H2,1-3H3,(H,22,23,25);1-5,10-11,22H,6-9H2,(H2,21,29,30)(H,23,24,26);5-10H,1-4H3,(H,21,22,24). The Kier molecular flexibility index (Phi) is 30.6. The lowest BCUT2D eigenvalue weighted by Crippen LogP contribution is -2.46. The molecule has 3 saturated heterocycles. The van der Waals surface area contributed by atoms with Crippen LogP contribution in [0.5, 0.6) is 0 Å². The molecule has 10 aromatic carbocycles. The van der Waals surface area contributed by atoms with E-state index >= 15 is 0 Å². The number of hydrogen-bond donors (Lipinski definition) is 9. The largest absolute Gasteiger partial charge is 0.343 e. The number of primary sulfonamides is 1. The number of sulfonamides is 1. The first kappa shape index (κ1) is 102. The van der Waals surface area contributed by atoms with E-state index < -0.39 is 10.0 Å². The Hall–Kier alpha value is -16.2. The van der Waals surface area contributed by atoms with Gasteiger partial charge in [0.15, 0.2) is 25.0 Å². The van der Waals surface area contributed by atoms with Crippen LogP contribution in [0.25, 0.3) is 106 Å². The number of amides is 5. The zero-order chi connectivity index (χ0) is 105. The molecule has 0 bridgehead atoms. The Bertz CT molecular complexity index is 8760. The summed E-state index contributed by atoms with van der Waals surface area (Å²) in [6.45, 7) is 20.3. The van der Waals surface area contributed by atoms with Crippen molar-refractivity contribution in [1.29, 1.82) is 0 Å². The van der Waals surface area contributed by atoms with Gasteiger partial charge in [-0.3, -0.25) is 33.6 Å². The SMILES string of the molecule is CC(=O)Cc1cccc(Nc2ncc3ccc4nc(C(=O)N5CCNCC5)sc4c3n2)c1.CC(=O)Cc1cccc(Nc2ncc3ccc4sc(C(=O)N(C)C)nc4c3n2)c1.Cc1cc(C)cc(Nc2ncc3ccc4nc(C(=O)N(C)C)sc4c3n2)c1.Cc1cc(C)cc(Nc2ncc3ccc4sc(C(=O)N5CCNCC5)nc4c3n2)c1.NS(=O)(=O)c1cccc(Nc2ncc3ccc4nc(C(=O)N5CCNCC5)sc4c3n2)c1. The normalized spacial score (nSPS) is 13.2. The van der Waals surface area contributed by atoms with E-state index in [2.05, 4.69) is 166 Å². The molecular weight excluding hydrogens is 2020 g/mol. The highest BCUT2D eigenvalue weighted by atomic mass is 32.2. The van der Waals surface area contributed by atoms with Crippen molar-refractivity contribution in [1.82, 2.24) is 115 Å². The molecular formula is C106H101N29O9S6. The third kappa shape index (κ3) is 24.1. The van der Waals surface area contributed by atoms with Crippen LogP contribution in [0, 0.1) is 27.7 Å². The smallest absolute Gasteiger partial charge is 0.282 e. The van der Waals surface area contributed by atoms with Crippen molar-refractivity contribution >= 4 is 272 Å². The zero-order valence-corrected chi connectivity index (χ0v) is 88.0. The Morgan fingerprint density at radius 2 is 0.627 bits per heavy atom. The number of nitrogens with two attached hydrogens (primary N) is 1. The zero-order valence-electron chi connectivity index (χ0n) is 83.1. The van der Waals surface area contributed by atoms with Crippen molar-refractivity contribution in [2.24, 2.45) is 5.14 Å². The second kappa shape index (κ2) is 44.9. The van der Waals surface area contributed by atoms with Gasteiger partial charge in [-0.15, -0.1) is 56.7 Å². The predicted molar refractivity (Wildman–Crippen MR) is 594 cm³/mol. The fourth-order valence-electron chi connectivity index (χ4n) is 17.1. The first-order chi connectivity index (χ1) is 72.3. The third-order valence-electron chi connectivity index (χ3n) is 24.1. The van der Waals surface area contributed by atoms with E-state index in [-0.39, 0.29) is 46.0 Å². The van der Waals surface area contributed by atoms with Gasteiger partial charge in [-0.2, -0.15) is 0 Å². The van der Waals surface area contributed by atoms with Gasteiger partial charge in [0.1, 0.15) is 33.6 Å². The predicted octanol–water partition coefficient (Wildman–Crippen LogP) is 16.6. The summed E-state index contributed by atoms with van der Waals surface area (Å²) in [6.07, 6.45) is 9.53. The molecule has 38 nitrogen and oxygen atoms in total. The van der Waals surface area contributed by atoms with Gasteiger partial charge in [-0.25, -0.2) is 88.3 Å². The van der Waals surface area contributed by atoms with Crippen LogP contribution in [0.1, 0.15) is 96.2 Å². The van der Waals surface area contributed by atoms with Crippen LogP contribution >= 0.6 is 56.7 Å². The van der Waals surface area contributed by atoms with Gasteiger partial charge in [-0.05, 0) is 202 Å². The minimum absolute atomic E-state index is 0.00603. The molecule has 3 aliphatic heterocycles. The summed E-state index contributed by atoms with van der Waals surface area (Å²) >= 11 is 6.82. The van der Waals surface area contributed by atoms with Gasteiger partial charge in [0.25, 0.3) is 29.5 Å². The summed E-state index contributed by atoms with van der Waals surface area (Å²) < 4.78 is 27.6. The van der Waals surface area contributed by atoms with Crippen LogP contribution in [0.4, 0.5) is 58.2 Å². The number of nitrogens with one attached hydrogen (secondary N) is 8. The van der Waals surface area contributed by atoms with E-state index in [1.165, 1.54) is 101 Å². The number of fused-ring (bicyclic) bond motifs is 15. The molecule has 23 rings (SSSR count). The number of ketones is 2. The number of nitrogens with zero attached hydrogens (tertiary/aromatic N) is 20. The molecule has 0 aliphatic carbocycles. The number of thiazole rings is 5. The third-order valence-corrected chi connectivity index (χ3v) is 30.2. The molecule has 0 radical (unpaired) electrons. The molecule has 150 heavy (non-hydrogen) atoms. The first-order valence-corrected chi connectivity index (χ1v) is 53.5. The fourth-order valence-corrected chi connectivity index (χ4v) is 22.8. The summed E-state index contributed by atoms with van der Waals surface area (Å²) in [5, 5.41) is 37.7. The molecule has 44 heteroatoms. The van der Waals surface area contributed by atoms with Crippen LogP contribution in [0.3, 0.4) is 0 Å². The molecule has 760 valence electrons. The number of aromatic nitrogens is 15. The second-order valence-corrected chi connectivity index (χ2v) is 43.1. The van der Waals surface area contributed by atoms with Crippen molar-refractivity contribution in [2.75, 3.05) is 133 Å². The first-order valence-electron chi connectivity index (χ1n) is 47.9. The molecule has 0 saturated carbocycles. The maximum absolute atomic E-state index is 12.9. The molecule has 5 amide bonds. The lowest BCUT2D eigenvalue weighted by molar-refractivity contribution is -0.117. The molecule has 10 aromatic heterocycles. The number of carbonyl (C=O) groups is 7. The van der Waals surface area contributed by atoms with E-state index in [0.29, 0.717) is 135 Å². The number of carbonyl (C=O) groups excluding carboxylic acids is 7. The number of anilines is 10. The van der Waals surface area contributed by atoms with Crippen LogP contribution in [0.2, 0.25) is 0 Å². The van der Waals surface area contributed by atoms with Gasteiger partial charge < -0.3 is 67.0 Å². The van der Waals surface area contributed by atoms with E-state index in [0.717, 1.165) is 157 Å². The molecule has 20 aromatic rings. The minimum Gasteiger partial charge on any atom is -0.343 e. The van der Waals surface area contributed by atoms with Crippen LogP contribution in [-0.2, 0) is 32.5 Å². The monoisotopic (exact) mass is 2120 g/mol. The Balaban J connectivity index is 0.000000118. The fraction of sp³-hybridized carbons (Fsp3) is 0.226. The highest BCUT2D eigenvalue weighted by Crippen LogP contribution is 2.38. The average molecular weight is 2120 g/mol. The molecule has 3 fully saturated rings. The summed E-state index contributed by atoms with van der Waals surface area (Å²) in [6, 6.07) is 53.1. The summed E-state index contributed by atoms with van der Waals surface area (Å²) in [5.41, 5.74) is 17.9. The lowest BCUT2D eigenvalue weighted by Gasteiger charge is -2.26. The van der Waals surface area contributed by atoms with E-state index in [1.54, 1.807) is 90.1 Å². The van der Waals surface area contributed by atoms with Crippen molar-refractivity contribution in [3.63, 3.8) is 0 Å². The molecule has 10 N–H and O–H groups in total. The van der Waals surface area contributed by atoms with Crippen LogP contribution in [-0.4, -0.2) is 256 Å². The van der Waals surface area contributed by atoms with Gasteiger partial charge in [0.05, 0.1) is 61.5 Å². The van der Waals surface area contributed by atoms with Gasteiger partial charge in [0.2, 0.25) is 39.8 Å². The van der Waals surface area contributed by atoms with Crippen LogP contribution < -0.4 is 47.7 Å². The van der Waals surface area contributed by atoms with E-state index in [9.17, 15) is 42.0 Å². The maximum atomic E-state index is 12.9. The number of Topliss-reactive ketones (excluding diaryl/α,β-unsaturated/α-hetero) is 2. The number of benzene rings is 10. The maximum Gasteiger partial charge on any atom is 0.282 e. The molecule has 3 aliphatic rings. The molecule has 0 atom stereocenters. The van der Waals surface area contributed by atoms with Crippen molar-refractivity contribution in [3.05, 3.63) is 259 Å². The van der Waals surface area contributed by atoms with Crippen molar-refractivity contribution < 1.29 is 42.0 Å². The number of piperazine rings is 3. The summed E-state index contributed by atoms with van der Waals surface area (Å²) in [5.74, 6) is 2.09. The minimum atomic E-state index is -3.82. The number of aryl methyl sites for hydroxylation is 4. The van der Waals surface area contributed by atoms with Gasteiger partial charge >= 0.3 is 0 Å².